The summed E-state index contributed by atoms with van der Waals surface area (Å²) in [6.07, 6.45) is 34.9. The standard InChI is InChI=1S/C43H77NO8/c1-6-8-10-12-14-16-18-19-20-21-22-24-26-28-30-32-34-41(46)52-39(38-51-43(42(47)48)49-36-35-44(3,4)5)37-50-40(45)33-31-29-27-25-23-17-15-13-11-9-7-2/h13,15-16,18,20-21,39,43H,6-12,14,17,19,22-38H2,1-5H3/p+1/b15-13-,18-16-,21-20-. The highest BCUT2D eigenvalue weighted by atomic mass is 16.7. The quantitative estimate of drug-likeness (QED) is 0.0221. The van der Waals surface area contributed by atoms with Gasteiger partial charge in [0.05, 0.1) is 34.4 Å². The van der Waals surface area contributed by atoms with E-state index in [-0.39, 0.29) is 38.6 Å². The van der Waals surface area contributed by atoms with Crippen LogP contribution in [0.3, 0.4) is 0 Å². The van der Waals surface area contributed by atoms with E-state index in [1.54, 1.807) is 0 Å². The molecule has 0 aromatic carbocycles. The van der Waals surface area contributed by atoms with E-state index in [1.807, 2.05) is 21.1 Å². The molecule has 0 saturated carbocycles. The Hall–Kier alpha value is -2.49. The monoisotopic (exact) mass is 737 g/mol. The van der Waals surface area contributed by atoms with E-state index in [0.29, 0.717) is 17.4 Å². The molecule has 2 unspecified atom stereocenters. The molecule has 52 heavy (non-hydrogen) atoms. The van der Waals surface area contributed by atoms with Crippen molar-refractivity contribution in [3.05, 3.63) is 36.5 Å². The number of nitrogens with zero attached hydrogens (tertiary/aromatic N) is 1. The van der Waals surface area contributed by atoms with Crippen molar-refractivity contribution in [3.8, 4) is 0 Å². The second-order valence-corrected chi connectivity index (χ2v) is 14.9. The Morgan fingerprint density at radius 3 is 1.60 bits per heavy atom. The van der Waals surface area contributed by atoms with E-state index in [9.17, 15) is 19.5 Å². The van der Waals surface area contributed by atoms with Gasteiger partial charge in [-0.3, -0.25) is 9.59 Å². The van der Waals surface area contributed by atoms with Crippen LogP contribution in [-0.2, 0) is 33.3 Å². The average molecular weight is 737 g/mol. The summed E-state index contributed by atoms with van der Waals surface area (Å²) in [4.78, 5) is 36.9. The van der Waals surface area contributed by atoms with Gasteiger partial charge in [-0.1, -0.05) is 121 Å². The Morgan fingerprint density at radius 2 is 1.06 bits per heavy atom. The zero-order chi connectivity index (χ0) is 38.5. The van der Waals surface area contributed by atoms with Crippen molar-refractivity contribution in [1.82, 2.24) is 0 Å². The number of hydrogen-bond donors (Lipinski definition) is 1. The molecule has 0 amide bonds. The first-order chi connectivity index (χ1) is 25.1. The molecule has 9 nitrogen and oxygen atoms in total. The first-order valence-corrected chi connectivity index (χ1v) is 20.7. The Balaban J connectivity index is 4.53. The van der Waals surface area contributed by atoms with Crippen LogP contribution in [0.5, 0.6) is 0 Å². The Morgan fingerprint density at radius 1 is 0.577 bits per heavy atom. The fourth-order valence-electron chi connectivity index (χ4n) is 5.32. The van der Waals surface area contributed by atoms with Crippen molar-refractivity contribution in [1.29, 1.82) is 0 Å². The number of aliphatic carboxylic acids is 1. The largest absolute Gasteiger partial charge is 0.477 e. The van der Waals surface area contributed by atoms with Crippen LogP contribution >= 0.6 is 0 Å². The first-order valence-electron chi connectivity index (χ1n) is 20.7. The van der Waals surface area contributed by atoms with Crippen LogP contribution in [0.2, 0.25) is 0 Å². The highest BCUT2D eigenvalue weighted by Crippen LogP contribution is 2.12. The summed E-state index contributed by atoms with van der Waals surface area (Å²) in [5.74, 6) is -2.04. The van der Waals surface area contributed by atoms with Gasteiger partial charge >= 0.3 is 17.9 Å². The topological polar surface area (TPSA) is 108 Å². The second-order valence-electron chi connectivity index (χ2n) is 14.9. The SMILES string of the molecule is CCCC/C=C\CCCCCCCC(=O)OCC(COC(OCC[N+](C)(C)C)C(=O)O)OC(=O)CCCCCCC/C=C\C/C=C\CCCCCC. The van der Waals surface area contributed by atoms with Crippen molar-refractivity contribution in [2.45, 2.75) is 174 Å². The van der Waals surface area contributed by atoms with Gasteiger partial charge < -0.3 is 28.5 Å². The highest BCUT2D eigenvalue weighted by molar-refractivity contribution is 5.71. The number of carboxylic acids is 1. The molecule has 0 radical (unpaired) electrons. The zero-order valence-electron chi connectivity index (χ0n) is 34.0. The molecular formula is C43H78NO8+. The molecule has 0 aliphatic heterocycles. The molecule has 0 heterocycles. The maximum atomic E-state index is 12.7. The fourth-order valence-corrected chi connectivity index (χ4v) is 5.32. The molecule has 302 valence electrons. The summed E-state index contributed by atoms with van der Waals surface area (Å²) in [7, 11) is 5.94. The number of likely N-dealkylation sites (N-methyl/N-ethyl adjacent to an activating group) is 1. The third-order valence-electron chi connectivity index (χ3n) is 8.62. The summed E-state index contributed by atoms with van der Waals surface area (Å²) < 4.78 is 22.6. The number of rotatable bonds is 37. The van der Waals surface area contributed by atoms with Gasteiger partial charge in [0.2, 0.25) is 0 Å². The van der Waals surface area contributed by atoms with E-state index < -0.39 is 24.3 Å². The van der Waals surface area contributed by atoms with Crippen LogP contribution in [0.1, 0.15) is 162 Å². The van der Waals surface area contributed by atoms with E-state index in [0.717, 1.165) is 83.5 Å². The number of quaternary nitrogens is 1. The van der Waals surface area contributed by atoms with E-state index >= 15 is 0 Å². The predicted molar refractivity (Wildman–Crippen MR) is 212 cm³/mol. The Bertz CT molecular complexity index is 955. The minimum Gasteiger partial charge on any atom is -0.477 e. The van der Waals surface area contributed by atoms with Gasteiger partial charge in [0.15, 0.2) is 6.10 Å². The lowest BCUT2D eigenvalue weighted by molar-refractivity contribution is -0.870. The lowest BCUT2D eigenvalue weighted by atomic mass is 10.1. The van der Waals surface area contributed by atoms with E-state index in [4.69, 9.17) is 18.9 Å². The number of allylic oxidation sites excluding steroid dienone is 6. The van der Waals surface area contributed by atoms with Gasteiger partial charge in [-0.2, -0.15) is 0 Å². The molecule has 0 fully saturated rings. The predicted octanol–water partition coefficient (Wildman–Crippen LogP) is 10.3. The smallest absolute Gasteiger partial charge is 0.361 e. The molecule has 0 aromatic rings. The molecular weight excluding hydrogens is 658 g/mol. The van der Waals surface area contributed by atoms with Crippen LogP contribution in [0.4, 0.5) is 0 Å². The fraction of sp³-hybridized carbons (Fsp3) is 0.791. The van der Waals surface area contributed by atoms with Gasteiger partial charge in [-0.05, 0) is 64.2 Å². The van der Waals surface area contributed by atoms with Crippen LogP contribution in [0.25, 0.3) is 0 Å². The van der Waals surface area contributed by atoms with Gasteiger partial charge in [0.1, 0.15) is 13.2 Å². The Labute approximate surface area is 318 Å². The average Bonchev–Trinajstić information content (AvgIpc) is 3.09. The summed E-state index contributed by atoms with van der Waals surface area (Å²) in [6, 6.07) is 0. The summed E-state index contributed by atoms with van der Waals surface area (Å²) in [5.41, 5.74) is 0. The molecule has 9 heteroatoms. The number of carboxylic acid groups (broad SMARTS) is 1. The van der Waals surface area contributed by atoms with Crippen LogP contribution in [0, 0.1) is 0 Å². The third kappa shape index (κ3) is 35.9. The molecule has 1 N–H and O–H groups in total. The van der Waals surface area contributed by atoms with Crippen molar-refractivity contribution >= 4 is 17.9 Å². The van der Waals surface area contributed by atoms with Gasteiger partial charge in [-0.25, -0.2) is 4.79 Å². The van der Waals surface area contributed by atoms with Crippen molar-refractivity contribution in [2.24, 2.45) is 0 Å². The number of unbranched alkanes of at least 4 members (excludes halogenated alkanes) is 16. The molecule has 0 aliphatic rings. The summed E-state index contributed by atoms with van der Waals surface area (Å²) in [6.45, 7) is 4.77. The molecule has 0 rings (SSSR count). The second kappa shape index (κ2) is 35.5. The summed E-state index contributed by atoms with van der Waals surface area (Å²) >= 11 is 0. The van der Waals surface area contributed by atoms with Gasteiger partial charge in [0.25, 0.3) is 6.29 Å². The minimum absolute atomic E-state index is 0.183. The Kier molecular flexibility index (Phi) is 33.8. The number of carbonyl (C=O) groups is 3. The maximum Gasteiger partial charge on any atom is 0.361 e. The zero-order valence-corrected chi connectivity index (χ0v) is 34.0. The van der Waals surface area contributed by atoms with Crippen molar-refractivity contribution in [3.63, 3.8) is 0 Å². The van der Waals surface area contributed by atoms with E-state index in [1.165, 1.54) is 44.9 Å². The van der Waals surface area contributed by atoms with Gasteiger partial charge in [-0.15, -0.1) is 0 Å². The molecule has 2 atom stereocenters. The van der Waals surface area contributed by atoms with Crippen LogP contribution in [0.15, 0.2) is 36.5 Å². The maximum absolute atomic E-state index is 12.7. The summed E-state index contributed by atoms with van der Waals surface area (Å²) in [5, 5.41) is 9.60. The molecule has 0 bridgehead atoms. The normalized spacial score (nSPS) is 13.3. The van der Waals surface area contributed by atoms with Crippen LogP contribution < -0.4 is 0 Å². The van der Waals surface area contributed by atoms with Crippen molar-refractivity contribution < 1.29 is 42.9 Å². The lowest BCUT2D eigenvalue weighted by Gasteiger charge is -2.25. The number of esters is 2. The van der Waals surface area contributed by atoms with E-state index in [2.05, 4.69) is 50.3 Å². The first kappa shape index (κ1) is 49.5. The lowest BCUT2D eigenvalue weighted by Crippen LogP contribution is -2.40. The number of ether oxygens (including phenoxy) is 4. The highest BCUT2D eigenvalue weighted by Gasteiger charge is 2.25. The minimum atomic E-state index is -1.51. The van der Waals surface area contributed by atoms with Crippen LogP contribution in [-0.4, -0.2) is 87.4 Å². The number of hydrogen-bond acceptors (Lipinski definition) is 7. The molecule has 0 saturated heterocycles. The number of carbonyl (C=O) groups excluding carboxylic acids is 2. The van der Waals surface area contributed by atoms with Crippen molar-refractivity contribution in [2.75, 3.05) is 47.5 Å². The third-order valence-corrected chi connectivity index (χ3v) is 8.62. The molecule has 0 spiro atoms. The van der Waals surface area contributed by atoms with Gasteiger partial charge in [0, 0.05) is 12.8 Å². The molecule has 0 aromatic heterocycles. The molecule has 0 aliphatic carbocycles.